The first kappa shape index (κ1) is 17.8. The van der Waals surface area contributed by atoms with Crippen LogP contribution < -0.4 is 0 Å². The zero-order valence-electron chi connectivity index (χ0n) is 10.7. The topological polar surface area (TPSA) is 66.8 Å². The minimum absolute atomic E-state index is 0.272. The van der Waals surface area contributed by atoms with Crippen LogP contribution in [-0.2, 0) is 14.3 Å². The molecule has 0 fully saturated rings. The number of hydrogen-bond acceptors (Lipinski definition) is 4. The predicted octanol–water partition coefficient (Wildman–Crippen LogP) is 1.31. The second kappa shape index (κ2) is 10.9. The molecule has 0 spiro atoms. The largest absolute Gasteiger partial charge is 0.478 e. The highest BCUT2D eigenvalue weighted by Gasteiger charge is 2.02. The van der Waals surface area contributed by atoms with Crippen LogP contribution in [-0.4, -0.2) is 49.2 Å². The monoisotopic (exact) mass is 243 g/mol. The van der Waals surface area contributed by atoms with Crippen LogP contribution in [0.2, 0.25) is 0 Å². The quantitative estimate of drug-likeness (QED) is 0.563. The van der Waals surface area contributed by atoms with Crippen molar-refractivity contribution in [1.82, 2.24) is 4.90 Å². The third-order valence-corrected chi connectivity index (χ3v) is 1.62. The maximum Gasteiger partial charge on any atom is 0.331 e. The van der Waals surface area contributed by atoms with Crippen molar-refractivity contribution in [2.75, 3.05) is 27.2 Å². The number of rotatable bonds is 6. The average molecular weight is 243 g/mol. The number of ether oxygens (including phenoxy) is 1. The van der Waals surface area contributed by atoms with Crippen LogP contribution in [0.5, 0.6) is 0 Å². The van der Waals surface area contributed by atoms with Gasteiger partial charge in [-0.3, -0.25) is 0 Å². The van der Waals surface area contributed by atoms with E-state index >= 15 is 0 Å². The summed E-state index contributed by atoms with van der Waals surface area (Å²) in [6.45, 7) is 9.52. The van der Waals surface area contributed by atoms with Crippen molar-refractivity contribution in [3.63, 3.8) is 0 Å². The van der Waals surface area contributed by atoms with E-state index in [1.165, 1.54) is 0 Å². The van der Waals surface area contributed by atoms with E-state index in [0.717, 1.165) is 12.6 Å². The Kier molecular flexibility index (Phi) is 11.4. The lowest BCUT2D eigenvalue weighted by Crippen LogP contribution is -2.15. The van der Waals surface area contributed by atoms with Gasteiger partial charge in [-0.2, -0.15) is 0 Å². The van der Waals surface area contributed by atoms with E-state index in [-0.39, 0.29) is 11.5 Å². The van der Waals surface area contributed by atoms with Crippen molar-refractivity contribution in [3.8, 4) is 0 Å². The van der Waals surface area contributed by atoms with Crippen LogP contribution in [0.4, 0.5) is 0 Å². The fourth-order valence-electron chi connectivity index (χ4n) is 0.667. The molecule has 0 aromatic heterocycles. The number of carbonyl (C=O) groups is 2. The number of carboxylic acid groups (broad SMARTS) is 1. The smallest absolute Gasteiger partial charge is 0.331 e. The van der Waals surface area contributed by atoms with Crippen molar-refractivity contribution in [1.29, 1.82) is 0 Å². The predicted molar refractivity (Wildman–Crippen MR) is 66.8 cm³/mol. The van der Waals surface area contributed by atoms with Crippen molar-refractivity contribution < 1.29 is 19.4 Å². The zero-order chi connectivity index (χ0) is 13.8. The normalized spacial score (nSPS) is 8.94. The summed E-state index contributed by atoms with van der Waals surface area (Å²) in [7, 11) is 3.80. The van der Waals surface area contributed by atoms with Gasteiger partial charge in [0.15, 0.2) is 0 Å². The Bertz CT molecular complexity index is 272. The molecule has 0 aliphatic rings. The van der Waals surface area contributed by atoms with E-state index in [1.54, 1.807) is 6.92 Å². The van der Waals surface area contributed by atoms with Crippen molar-refractivity contribution >= 4 is 11.9 Å². The van der Waals surface area contributed by atoms with E-state index in [1.807, 2.05) is 19.0 Å². The van der Waals surface area contributed by atoms with E-state index in [4.69, 9.17) is 5.11 Å². The number of esters is 1. The lowest BCUT2D eigenvalue weighted by molar-refractivity contribution is -0.137. The third-order valence-electron chi connectivity index (χ3n) is 1.62. The van der Waals surface area contributed by atoms with Gasteiger partial charge in [-0.25, -0.2) is 9.59 Å². The van der Waals surface area contributed by atoms with Crippen LogP contribution in [0.3, 0.4) is 0 Å². The summed E-state index contributed by atoms with van der Waals surface area (Å²) >= 11 is 0. The minimum Gasteiger partial charge on any atom is -0.478 e. The lowest BCUT2D eigenvalue weighted by Gasteiger charge is -2.07. The van der Waals surface area contributed by atoms with E-state index in [9.17, 15) is 9.59 Å². The average Bonchev–Trinajstić information content (AvgIpc) is 2.26. The highest BCUT2D eigenvalue weighted by atomic mass is 16.5. The first-order valence-corrected chi connectivity index (χ1v) is 5.20. The van der Waals surface area contributed by atoms with Crippen molar-refractivity contribution in [3.05, 3.63) is 24.8 Å². The summed E-state index contributed by atoms with van der Waals surface area (Å²) in [6.07, 6.45) is 1.67. The Morgan fingerprint density at radius 1 is 1.41 bits per heavy atom. The standard InChI is InChI=1S/C7H13NO2.C5H8O2/c1-6(7(9)10)4-5-8(2)3;1-3-5(6)7-4-2/h1,4-5H2,2-3H3,(H,9,10);3H,1,4H2,2H3. The fourth-order valence-corrected chi connectivity index (χ4v) is 0.667. The summed E-state index contributed by atoms with van der Waals surface area (Å²) in [5.74, 6) is -1.26. The van der Waals surface area contributed by atoms with Gasteiger partial charge in [0.1, 0.15) is 0 Å². The van der Waals surface area contributed by atoms with Gasteiger partial charge < -0.3 is 14.7 Å². The first-order chi connectivity index (χ1) is 7.84. The number of aliphatic carboxylic acids is 1. The van der Waals surface area contributed by atoms with Crippen molar-refractivity contribution in [2.45, 2.75) is 13.3 Å². The van der Waals surface area contributed by atoms with Gasteiger partial charge in [-0.15, -0.1) is 0 Å². The van der Waals surface area contributed by atoms with Gasteiger partial charge in [0.25, 0.3) is 0 Å². The summed E-state index contributed by atoms with van der Waals surface area (Å²) in [4.78, 5) is 22.2. The van der Waals surface area contributed by atoms with Crippen LogP contribution in [0.15, 0.2) is 24.8 Å². The first-order valence-electron chi connectivity index (χ1n) is 5.20. The van der Waals surface area contributed by atoms with Gasteiger partial charge in [-0.1, -0.05) is 13.2 Å². The zero-order valence-corrected chi connectivity index (χ0v) is 10.7. The molecule has 0 rings (SSSR count). The molecule has 98 valence electrons. The molecule has 0 bridgehead atoms. The Balaban J connectivity index is 0. The van der Waals surface area contributed by atoms with Gasteiger partial charge in [0.05, 0.1) is 6.61 Å². The molecule has 5 heteroatoms. The van der Waals surface area contributed by atoms with E-state index < -0.39 is 5.97 Å². The summed E-state index contributed by atoms with van der Waals surface area (Å²) in [5, 5.41) is 8.38. The molecule has 0 aromatic carbocycles. The van der Waals surface area contributed by atoms with E-state index in [2.05, 4.69) is 17.9 Å². The summed E-state index contributed by atoms with van der Waals surface area (Å²) < 4.78 is 4.43. The molecule has 5 nitrogen and oxygen atoms in total. The number of carboxylic acids is 1. The molecule has 0 aliphatic carbocycles. The van der Waals surface area contributed by atoms with Gasteiger partial charge in [0, 0.05) is 18.2 Å². The number of nitrogens with zero attached hydrogens (tertiary/aromatic N) is 1. The molecule has 0 amide bonds. The lowest BCUT2D eigenvalue weighted by atomic mass is 10.2. The highest BCUT2D eigenvalue weighted by Crippen LogP contribution is 1.97. The molecule has 0 saturated heterocycles. The fraction of sp³-hybridized carbons (Fsp3) is 0.500. The maximum absolute atomic E-state index is 10.2. The summed E-state index contributed by atoms with van der Waals surface area (Å²) in [6, 6.07) is 0. The molecule has 0 aromatic rings. The van der Waals surface area contributed by atoms with Gasteiger partial charge in [0.2, 0.25) is 0 Å². The molecular weight excluding hydrogens is 222 g/mol. The molecular formula is C12H21NO4. The van der Waals surface area contributed by atoms with E-state index in [0.29, 0.717) is 13.0 Å². The minimum atomic E-state index is -0.901. The SMILES string of the molecule is C=C(CCN(C)C)C(=O)O.C=CC(=O)OCC. The second-order valence-electron chi connectivity index (χ2n) is 3.42. The van der Waals surface area contributed by atoms with Crippen LogP contribution >= 0.6 is 0 Å². The maximum atomic E-state index is 10.2. The Hall–Kier alpha value is -1.62. The number of carbonyl (C=O) groups excluding carboxylic acids is 1. The molecule has 1 N–H and O–H groups in total. The van der Waals surface area contributed by atoms with Crippen LogP contribution in [0, 0.1) is 0 Å². The molecule has 17 heavy (non-hydrogen) atoms. The second-order valence-corrected chi connectivity index (χ2v) is 3.42. The molecule has 0 radical (unpaired) electrons. The molecule has 0 aliphatic heterocycles. The molecule has 0 atom stereocenters. The van der Waals surface area contributed by atoms with Gasteiger partial charge in [-0.05, 0) is 27.4 Å². The van der Waals surface area contributed by atoms with Crippen LogP contribution in [0.1, 0.15) is 13.3 Å². The molecule has 0 heterocycles. The Morgan fingerprint density at radius 3 is 2.18 bits per heavy atom. The highest BCUT2D eigenvalue weighted by molar-refractivity contribution is 5.85. The third kappa shape index (κ3) is 14.4. The number of hydrogen-bond donors (Lipinski definition) is 1. The van der Waals surface area contributed by atoms with Gasteiger partial charge >= 0.3 is 11.9 Å². The Morgan fingerprint density at radius 2 is 1.94 bits per heavy atom. The van der Waals surface area contributed by atoms with Crippen molar-refractivity contribution in [2.24, 2.45) is 0 Å². The summed E-state index contributed by atoms with van der Waals surface area (Å²) in [5.41, 5.74) is 0.272. The van der Waals surface area contributed by atoms with Crippen LogP contribution in [0.25, 0.3) is 0 Å². The molecule has 0 unspecified atom stereocenters. The Labute approximate surface area is 102 Å². The molecule has 0 saturated carbocycles.